The second-order valence-electron chi connectivity index (χ2n) is 14.5. The summed E-state index contributed by atoms with van der Waals surface area (Å²) in [6.45, 7) is 0. The monoisotopic (exact) mass is 745 g/mol. The molecule has 0 unspecified atom stereocenters. The summed E-state index contributed by atoms with van der Waals surface area (Å²) >= 11 is 1.85. The van der Waals surface area contributed by atoms with E-state index in [-0.39, 0.29) is 0 Å². The smallest absolute Gasteiger partial charge is 0.164 e. The number of nitrogens with zero attached hydrogens (tertiary/aromatic N) is 5. The zero-order valence-electron chi connectivity index (χ0n) is 30.5. The third-order valence-electron chi connectivity index (χ3n) is 11.1. The van der Waals surface area contributed by atoms with E-state index < -0.39 is 0 Å². The van der Waals surface area contributed by atoms with Gasteiger partial charge >= 0.3 is 0 Å². The molecule has 0 spiro atoms. The highest BCUT2D eigenvalue weighted by Gasteiger charge is 2.27. The number of para-hydroxylation sites is 3. The minimum atomic E-state index is 0.621. The van der Waals surface area contributed by atoms with Crippen molar-refractivity contribution in [2.24, 2.45) is 0 Å². The molecule has 1 aliphatic rings. The van der Waals surface area contributed by atoms with Gasteiger partial charge in [-0.25, -0.2) is 15.0 Å². The molecular weight excluding hydrogens is 715 g/mol. The Balaban J connectivity index is 1.07. The predicted octanol–water partition coefficient (Wildman–Crippen LogP) is 13.2. The molecule has 11 aromatic rings. The first-order valence-electron chi connectivity index (χ1n) is 19.1. The molecule has 5 nitrogen and oxygen atoms in total. The lowest BCUT2D eigenvalue weighted by atomic mass is 10.0. The van der Waals surface area contributed by atoms with Gasteiger partial charge in [0.25, 0.3) is 0 Å². The van der Waals surface area contributed by atoms with Crippen LogP contribution in [0.2, 0.25) is 0 Å². The Bertz CT molecular complexity index is 3380. The molecule has 6 heteroatoms. The second kappa shape index (κ2) is 12.6. The van der Waals surface area contributed by atoms with Gasteiger partial charge in [0.15, 0.2) is 17.5 Å². The molecule has 57 heavy (non-hydrogen) atoms. The van der Waals surface area contributed by atoms with E-state index in [0.29, 0.717) is 17.5 Å². The van der Waals surface area contributed by atoms with E-state index in [1.807, 2.05) is 17.8 Å². The third kappa shape index (κ3) is 5.08. The standard InChI is InChI=1S/C51H31N5S/c1-2-12-32(13-3-1)34-24-27-35(28-25-34)48-52-49(54-50(53-48)38-29-26-33-14-4-5-15-36(33)30-38)37-16-10-17-39(31-37)55-42-20-7-6-18-40(42)46-41-19-11-23-45-47(41)56(51(46)55)43-21-8-9-22-44(43)57-45/h1-31H. The highest BCUT2D eigenvalue weighted by atomic mass is 32.2. The van der Waals surface area contributed by atoms with E-state index in [9.17, 15) is 0 Å². The van der Waals surface area contributed by atoms with Crippen LogP contribution in [0.1, 0.15) is 0 Å². The number of fused-ring (bicyclic) bond motifs is 8. The molecule has 8 aromatic carbocycles. The van der Waals surface area contributed by atoms with Crippen LogP contribution < -0.4 is 0 Å². The summed E-state index contributed by atoms with van der Waals surface area (Å²) < 4.78 is 4.88. The summed E-state index contributed by atoms with van der Waals surface area (Å²) in [7, 11) is 0. The maximum atomic E-state index is 5.20. The molecule has 1 aliphatic heterocycles. The van der Waals surface area contributed by atoms with E-state index in [1.165, 1.54) is 48.1 Å². The summed E-state index contributed by atoms with van der Waals surface area (Å²) in [5.41, 5.74) is 10.9. The van der Waals surface area contributed by atoms with E-state index in [4.69, 9.17) is 15.0 Å². The van der Waals surface area contributed by atoms with Gasteiger partial charge in [-0.2, -0.15) is 0 Å². The quantitative estimate of drug-likeness (QED) is 0.176. The molecule has 4 heterocycles. The number of hydrogen-bond acceptors (Lipinski definition) is 4. The summed E-state index contributed by atoms with van der Waals surface area (Å²) in [5.74, 6) is 1.89. The number of hydrogen-bond donors (Lipinski definition) is 0. The van der Waals surface area contributed by atoms with Crippen LogP contribution in [0, 0.1) is 0 Å². The SMILES string of the molecule is c1ccc(-c2ccc(-c3nc(-c4cccc(-n5c6ccccc6c6c7cccc8c7n(c65)-c5ccccc5S8)c4)nc(-c4ccc5ccccc5c4)n3)cc2)cc1. The lowest BCUT2D eigenvalue weighted by Crippen LogP contribution is -2.06. The normalized spacial score (nSPS) is 12.1. The van der Waals surface area contributed by atoms with E-state index in [1.54, 1.807) is 0 Å². The van der Waals surface area contributed by atoms with Gasteiger partial charge in [-0.15, -0.1) is 0 Å². The van der Waals surface area contributed by atoms with Crippen LogP contribution in [0.3, 0.4) is 0 Å². The van der Waals surface area contributed by atoms with Crippen molar-refractivity contribution in [1.82, 2.24) is 24.1 Å². The molecule has 0 fully saturated rings. The molecule has 0 saturated carbocycles. The average Bonchev–Trinajstić information content (AvgIpc) is 3.81. The maximum absolute atomic E-state index is 5.20. The van der Waals surface area contributed by atoms with E-state index in [2.05, 4.69) is 191 Å². The fourth-order valence-electron chi connectivity index (χ4n) is 8.51. The highest BCUT2D eigenvalue weighted by Crippen LogP contribution is 2.49. The van der Waals surface area contributed by atoms with Crippen LogP contribution in [0.4, 0.5) is 0 Å². The van der Waals surface area contributed by atoms with Crippen molar-refractivity contribution in [2.75, 3.05) is 0 Å². The van der Waals surface area contributed by atoms with Crippen molar-refractivity contribution in [3.8, 4) is 56.7 Å². The Morgan fingerprint density at radius 1 is 0.386 bits per heavy atom. The number of benzene rings is 8. The summed E-state index contributed by atoms with van der Waals surface area (Å²) in [5, 5.41) is 6.06. The minimum absolute atomic E-state index is 0.621. The molecular formula is C51H31N5S. The Morgan fingerprint density at radius 2 is 0.982 bits per heavy atom. The lowest BCUT2D eigenvalue weighted by Gasteiger charge is -2.21. The molecule has 0 atom stereocenters. The zero-order valence-corrected chi connectivity index (χ0v) is 31.4. The number of aromatic nitrogens is 5. The van der Waals surface area contributed by atoms with Gasteiger partial charge in [0.1, 0.15) is 5.65 Å². The first kappa shape index (κ1) is 32.0. The van der Waals surface area contributed by atoms with Crippen molar-refractivity contribution in [2.45, 2.75) is 9.79 Å². The summed E-state index contributed by atoms with van der Waals surface area (Å²) in [6.07, 6.45) is 0. The van der Waals surface area contributed by atoms with Crippen LogP contribution in [0.5, 0.6) is 0 Å². The molecule has 0 saturated heterocycles. The lowest BCUT2D eigenvalue weighted by molar-refractivity contribution is 1.02. The van der Waals surface area contributed by atoms with Crippen molar-refractivity contribution in [3.05, 3.63) is 188 Å². The topological polar surface area (TPSA) is 48.5 Å². The summed E-state index contributed by atoms with van der Waals surface area (Å²) in [6, 6.07) is 66.6. The average molecular weight is 746 g/mol. The van der Waals surface area contributed by atoms with E-state index >= 15 is 0 Å². The predicted molar refractivity (Wildman–Crippen MR) is 234 cm³/mol. The van der Waals surface area contributed by atoms with Gasteiger partial charge in [0, 0.05) is 48.3 Å². The fourth-order valence-corrected chi connectivity index (χ4v) is 9.60. The van der Waals surface area contributed by atoms with Crippen LogP contribution in [-0.2, 0) is 0 Å². The molecule has 12 rings (SSSR count). The van der Waals surface area contributed by atoms with Crippen LogP contribution in [-0.4, -0.2) is 24.1 Å². The van der Waals surface area contributed by atoms with Crippen molar-refractivity contribution in [3.63, 3.8) is 0 Å². The van der Waals surface area contributed by atoms with Gasteiger partial charge in [-0.1, -0.05) is 157 Å². The van der Waals surface area contributed by atoms with Gasteiger partial charge < -0.3 is 0 Å². The molecule has 266 valence electrons. The first-order chi connectivity index (χ1) is 28.2. The third-order valence-corrected chi connectivity index (χ3v) is 12.2. The molecule has 0 bridgehead atoms. The van der Waals surface area contributed by atoms with Gasteiger partial charge in [-0.05, 0) is 64.4 Å². The van der Waals surface area contributed by atoms with Gasteiger partial charge in [-0.3, -0.25) is 9.13 Å². The fraction of sp³-hybridized carbons (Fsp3) is 0. The molecule has 0 radical (unpaired) electrons. The highest BCUT2D eigenvalue weighted by molar-refractivity contribution is 7.99. The Morgan fingerprint density at radius 3 is 1.84 bits per heavy atom. The van der Waals surface area contributed by atoms with Gasteiger partial charge in [0.2, 0.25) is 0 Å². The van der Waals surface area contributed by atoms with E-state index in [0.717, 1.165) is 44.5 Å². The van der Waals surface area contributed by atoms with Crippen LogP contribution >= 0.6 is 11.8 Å². The summed E-state index contributed by atoms with van der Waals surface area (Å²) in [4.78, 5) is 18.0. The largest absolute Gasteiger partial charge is 0.295 e. The second-order valence-corrected chi connectivity index (χ2v) is 15.6. The Labute approximate surface area is 332 Å². The van der Waals surface area contributed by atoms with Crippen molar-refractivity contribution >= 4 is 55.4 Å². The molecule has 3 aromatic heterocycles. The Kier molecular flexibility index (Phi) is 7.09. The van der Waals surface area contributed by atoms with Crippen LogP contribution in [0.15, 0.2) is 198 Å². The maximum Gasteiger partial charge on any atom is 0.164 e. The molecule has 0 amide bonds. The zero-order chi connectivity index (χ0) is 37.5. The van der Waals surface area contributed by atoms with Crippen molar-refractivity contribution < 1.29 is 0 Å². The number of rotatable bonds is 5. The first-order valence-corrected chi connectivity index (χ1v) is 19.9. The van der Waals surface area contributed by atoms with Crippen LogP contribution in [0.25, 0.3) is 100 Å². The molecule has 0 N–H and O–H groups in total. The molecule has 0 aliphatic carbocycles. The Hall–Kier alpha value is -7.28. The minimum Gasteiger partial charge on any atom is -0.295 e. The van der Waals surface area contributed by atoms with Gasteiger partial charge in [0.05, 0.1) is 16.7 Å². The van der Waals surface area contributed by atoms with Crippen molar-refractivity contribution in [1.29, 1.82) is 0 Å².